The minimum atomic E-state index is -3.13. The van der Waals surface area contributed by atoms with E-state index in [4.69, 9.17) is 4.74 Å². The van der Waals surface area contributed by atoms with Crippen molar-refractivity contribution in [3.63, 3.8) is 0 Å². The van der Waals surface area contributed by atoms with Crippen LogP contribution in [0.15, 0.2) is 18.2 Å². The van der Waals surface area contributed by atoms with Gasteiger partial charge in [0.2, 0.25) is 0 Å². The van der Waals surface area contributed by atoms with Gasteiger partial charge in [0.15, 0.2) is 9.84 Å². The van der Waals surface area contributed by atoms with E-state index in [0.29, 0.717) is 13.2 Å². The molecule has 20 heavy (non-hydrogen) atoms. The van der Waals surface area contributed by atoms with E-state index < -0.39 is 15.1 Å². The Hall–Kier alpha value is -1.07. The molecule has 0 amide bonds. The van der Waals surface area contributed by atoms with Gasteiger partial charge in [0.1, 0.15) is 5.75 Å². The fourth-order valence-corrected chi connectivity index (χ4v) is 2.93. The lowest BCUT2D eigenvalue weighted by Gasteiger charge is -2.26. The Morgan fingerprint density at radius 3 is 2.45 bits per heavy atom. The predicted molar refractivity (Wildman–Crippen MR) is 83.1 cm³/mol. The topological polar surface area (TPSA) is 55.4 Å². The molecule has 0 spiro atoms. The molecule has 1 N–H and O–H groups in total. The summed E-state index contributed by atoms with van der Waals surface area (Å²) in [4.78, 5) is 0. The molecular formula is C15H25NO3S. The van der Waals surface area contributed by atoms with E-state index in [1.54, 1.807) is 6.92 Å². The summed E-state index contributed by atoms with van der Waals surface area (Å²) in [6.45, 7) is 8.88. The van der Waals surface area contributed by atoms with E-state index in [9.17, 15) is 8.42 Å². The third kappa shape index (κ3) is 4.21. The number of nitrogens with one attached hydrogen (secondary N) is 1. The van der Waals surface area contributed by atoms with Gasteiger partial charge < -0.3 is 10.1 Å². The number of aryl methyl sites for hydroxylation is 1. The summed E-state index contributed by atoms with van der Waals surface area (Å²) in [6, 6.07) is 5.62. The number of hydrogen-bond donors (Lipinski definition) is 1. The van der Waals surface area contributed by atoms with E-state index in [2.05, 4.69) is 5.32 Å². The normalized spacial score (nSPS) is 14.8. The van der Waals surface area contributed by atoms with Gasteiger partial charge in [-0.3, -0.25) is 0 Å². The molecule has 0 fully saturated rings. The molecule has 2 atom stereocenters. The molecule has 2 unspecified atom stereocenters. The number of sulfone groups is 1. The fourth-order valence-electron chi connectivity index (χ4n) is 2.19. The van der Waals surface area contributed by atoms with Crippen molar-refractivity contribution >= 4 is 9.84 Å². The SMILES string of the molecule is CCNC(c1cc(C)ccc1OCC)C(C)S(C)(=O)=O. The highest BCUT2D eigenvalue weighted by Gasteiger charge is 2.29. The molecule has 0 aromatic heterocycles. The molecule has 0 heterocycles. The van der Waals surface area contributed by atoms with Gasteiger partial charge in [-0.1, -0.05) is 24.6 Å². The molecule has 1 aromatic rings. The lowest BCUT2D eigenvalue weighted by Crippen LogP contribution is -2.35. The number of ether oxygens (including phenoxy) is 1. The highest BCUT2D eigenvalue weighted by atomic mass is 32.2. The third-order valence-electron chi connectivity index (χ3n) is 3.37. The van der Waals surface area contributed by atoms with E-state index in [-0.39, 0.29) is 6.04 Å². The van der Waals surface area contributed by atoms with Gasteiger partial charge in [-0.05, 0) is 33.4 Å². The van der Waals surface area contributed by atoms with E-state index in [1.165, 1.54) is 6.26 Å². The van der Waals surface area contributed by atoms with Crippen LogP contribution >= 0.6 is 0 Å². The summed E-state index contributed by atoms with van der Waals surface area (Å²) >= 11 is 0. The maximum Gasteiger partial charge on any atom is 0.151 e. The maximum atomic E-state index is 11.9. The predicted octanol–water partition coefficient (Wildman–Crippen LogP) is 2.48. The van der Waals surface area contributed by atoms with Crippen LogP contribution in [0.25, 0.3) is 0 Å². The molecule has 114 valence electrons. The molecule has 0 radical (unpaired) electrons. The average molecular weight is 299 g/mol. The quantitative estimate of drug-likeness (QED) is 0.840. The van der Waals surface area contributed by atoms with Gasteiger partial charge >= 0.3 is 0 Å². The third-order valence-corrected chi connectivity index (χ3v) is 4.99. The van der Waals surface area contributed by atoms with Gasteiger partial charge in [0.05, 0.1) is 17.9 Å². The van der Waals surface area contributed by atoms with Crippen LogP contribution in [0.2, 0.25) is 0 Å². The Morgan fingerprint density at radius 2 is 1.95 bits per heavy atom. The maximum absolute atomic E-state index is 11.9. The minimum absolute atomic E-state index is 0.267. The van der Waals surface area contributed by atoms with Crippen LogP contribution in [0.1, 0.15) is 37.9 Å². The highest BCUT2D eigenvalue weighted by Crippen LogP contribution is 2.31. The standard InChI is InChI=1S/C15H25NO3S/c1-6-16-15(12(4)20(5,17)18)13-10-11(3)8-9-14(13)19-7-2/h8-10,12,15-16H,6-7H2,1-5H3. The fraction of sp³-hybridized carbons (Fsp3) is 0.600. The summed E-state index contributed by atoms with van der Waals surface area (Å²) in [7, 11) is -3.13. The van der Waals surface area contributed by atoms with E-state index in [1.807, 2.05) is 39.0 Å². The van der Waals surface area contributed by atoms with Crippen LogP contribution in [0.5, 0.6) is 5.75 Å². The van der Waals surface area contributed by atoms with Gasteiger partial charge in [0, 0.05) is 11.8 Å². The lowest BCUT2D eigenvalue weighted by atomic mass is 10.0. The number of benzene rings is 1. The van der Waals surface area contributed by atoms with Crippen molar-refractivity contribution in [3.05, 3.63) is 29.3 Å². The van der Waals surface area contributed by atoms with Crippen LogP contribution in [0.4, 0.5) is 0 Å². The van der Waals surface area contributed by atoms with Crippen molar-refractivity contribution in [1.82, 2.24) is 5.32 Å². The summed E-state index contributed by atoms with van der Waals surface area (Å²) < 4.78 is 29.4. The van der Waals surface area contributed by atoms with Crippen LogP contribution in [-0.2, 0) is 9.84 Å². The van der Waals surface area contributed by atoms with E-state index >= 15 is 0 Å². The Kier molecular flexibility index (Phi) is 6.02. The second kappa shape index (κ2) is 7.09. The molecule has 0 bridgehead atoms. The summed E-state index contributed by atoms with van der Waals surface area (Å²) in [5, 5.41) is 2.76. The largest absolute Gasteiger partial charge is 0.494 e. The highest BCUT2D eigenvalue weighted by molar-refractivity contribution is 7.91. The molecule has 0 saturated carbocycles. The van der Waals surface area contributed by atoms with Crippen LogP contribution in [0, 0.1) is 6.92 Å². The average Bonchev–Trinajstić information content (AvgIpc) is 2.36. The van der Waals surface area contributed by atoms with Crippen molar-refractivity contribution in [1.29, 1.82) is 0 Å². The van der Waals surface area contributed by atoms with Crippen molar-refractivity contribution in [2.75, 3.05) is 19.4 Å². The second-order valence-corrected chi connectivity index (χ2v) is 7.45. The van der Waals surface area contributed by atoms with Gasteiger partial charge in [-0.15, -0.1) is 0 Å². The first kappa shape index (κ1) is 17.0. The summed E-state index contributed by atoms with van der Waals surface area (Å²) in [5.41, 5.74) is 2.00. The number of rotatable bonds is 7. The van der Waals surface area contributed by atoms with Gasteiger partial charge in [0.25, 0.3) is 0 Å². The molecule has 0 saturated heterocycles. The second-order valence-electron chi connectivity index (χ2n) is 5.04. The Labute approximate surface area is 122 Å². The zero-order valence-corrected chi connectivity index (χ0v) is 13.8. The molecular weight excluding hydrogens is 274 g/mol. The summed E-state index contributed by atoms with van der Waals surface area (Å²) in [5.74, 6) is 0.750. The molecule has 1 aromatic carbocycles. The first-order valence-electron chi connectivity index (χ1n) is 6.96. The van der Waals surface area contributed by atoms with Crippen LogP contribution in [-0.4, -0.2) is 33.1 Å². The molecule has 0 aliphatic rings. The van der Waals surface area contributed by atoms with Crippen molar-refractivity contribution < 1.29 is 13.2 Å². The molecule has 0 aliphatic heterocycles. The minimum Gasteiger partial charge on any atom is -0.494 e. The molecule has 1 rings (SSSR count). The zero-order chi connectivity index (χ0) is 15.3. The molecule has 4 nitrogen and oxygen atoms in total. The first-order chi connectivity index (χ1) is 9.31. The van der Waals surface area contributed by atoms with Gasteiger partial charge in [-0.25, -0.2) is 8.42 Å². The lowest BCUT2D eigenvalue weighted by molar-refractivity contribution is 0.331. The first-order valence-corrected chi connectivity index (χ1v) is 8.92. The van der Waals surface area contributed by atoms with Crippen molar-refractivity contribution in [3.8, 4) is 5.75 Å². The van der Waals surface area contributed by atoms with Crippen molar-refractivity contribution in [2.45, 2.75) is 39.0 Å². The number of hydrogen-bond acceptors (Lipinski definition) is 4. The van der Waals surface area contributed by atoms with E-state index in [0.717, 1.165) is 16.9 Å². The Bertz CT molecular complexity index is 540. The van der Waals surface area contributed by atoms with Gasteiger partial charge in [-0.2, -0.15) is 0 Å². The van der Waals surface area contributed by atoms with Crippen LogP contribution < -0.4 is 10.1 Å². The summed E-state index contributed by atoms with van der Waals surface area (Å²) in [6.07, 6.45) is 1.28. The Morgan fingerprint density at radius 1 is 1.30 bits per heavy atom. The zero-order valence-electron chi connectivity index (χ0n) is 12.9. The monoisotopic (exact) mass is 299 g/mol. The smallest absolute Gasteiger partial charge is 0.151 e. The van der Waals surface area contributed by atoms with Crippen molar-refractivity contribution in [2.24, 2.45) is 0 Å². The molecule has 0 aliphatic carbocycles. The Balaban J connectivity index is 3.29. The molecule has 5 heteroatoms. The van der Waals surface area contributed by atoms with Crippen LogP contribution in [0.3, 0.4) is 0 Å².